The number of nitrogens with two attached hydrogens (primary N) is 1. The van der Waals surface area contributed by atoms with Gasteiger partial charge in [-0.1, -0.05) is 0 Å². The molecule has 20 heavy (non-hydrogen) atoms. The minimum atomic E-state index is -0.217. The van der Waals surface area contributed by atoms with Crippen LogP contribution in [0.1, 0.15) is 31.1 Å². The molecule has 0 aliphatic carbocycles. The molecule has 0 bridgehead atoms. The number of hydrogen-bond donors (Lipinski definition) is 2. The van der Waals surface area contributed by atoms with E-state index in [-0.39, 0.29) is 24.4 Å². The number of carbonyl (C=O) groups is 2. The standard InChI is InChI=1S/C14H20BrN3O2/c1-4-18(8-13(19)17-9(2)3)14(20)11-7-10(16)5-6-12(11)15/h5-7,9H,4,8,16H2,1-3H3,(H,17,19). The molecular formula is C14H20BrN3O2. The maximum Gasteiger partial charge on any atom is 0.255 e. The molecular weight excluding hydrogens is 322 g/mol. The number of nitrogen functional groups attached to an aromatic ring is 1. The number of rotatable bonds is 5. The van der Waals surface area contributed by atoms with Crippen LogP contribution >= 0.6 is 15.9 Å². The van der Waals surface area contributed by atoms with Crippen molar-refractivity contribution >= 4 is 33.4 Å². The number of hydrogen-bond acceptors (Lipinski definition) is 3. The van der Waals surface area contributed by atoms with Crippen molar-refractivity contribution in [2.45, 2.75) is 26.8 Å². The highest BCUT2D eigenvalue weighted by Crippen LogP contribution is 2.21. The molecule has 2 amide bonds. The summed E-state index contributed by atoms with van der Waals surface area (Å²) in [6.07, 6.45) is 0. The number of carbonyl (C=O) groups excluding carboxylic acids is 2. The van der Waals surface area contributed by atoms with Gasteiger partial charge in [0.15, 0.2) is 0 Å². The molecule has 110 valence electrons. The normalized spacial score (nSPS) is 10.4. The molecule has 3 N–H and O–H groups in total. The molecule has 0 saturated heterocycles. The number of halogens is 1. The topological polar surface area (TPSA) is 75.4 Å². The van der Waals surface area contributed by atoms with Gasteiger partial charge < -0.3 is 16.0 Å². The van der Waals surface area contributed by atoms with Crippen molar-refractivity contribution in [2.75, 3.05) is 18.8 Å². The van der Waals surface area contributed by atoms with Gasteiger partial charge in [0.25, 0.3) is 5.91 Å². The second-order valence-corrected chi connectivity index (χ2v) is 5.64. The summed E-state index contributed by atoms with van der Waals surface area (Å²) in [6, 6.07) is 5.10. The number of nitrogens with one attached hydrogen (secondary N) is 1. The predicted octanol–water partition coefficient (Wildman–Crippen LogP) is 2.02. The Balaban J connectivity index is 2.86. The van der Waals surface area contributed by atoms with Gasteiger partial charge in [-0.2, -0.15) is 0 Å². The molecule has 0 aliphatic rings. The molecule has 1 aromatic carbocycles. The Labute approximate surface area is 127 Å². The fourth-order valence-corrected chi connectivity index (χ4v) is 2.16. The molecule has 1 rings (SSSR count). The van der Waals surface area contributed by atoms with Crippen molar-refractivity contribution in [1.82, 2.24) is 10.2 Å². The number of nitrogens with zero attached hydrogens (tertiary/aromatic N) is 1. The first-order chi connectivity index (χ1) is 9.35. The van der Waals surface area contributed by atoms with Gasteiger partial charge in [-0.3, -0.25) is 9.59 Å². The quantitative estimate of drug-likeness (QED) is 0.804. The lowest BCUT2D eigenvalue weighted by Gasteiger charge is -2.22. The zero-order chi connectivity index (χ0) is 15.3. The first kappa shape index (κ1) is 16.5. The van der Waals surface area contributed by atoms with Crippen LogP contribution in [0.5, 0.6) is 0 Å². The fourth-order valence-electron chi connectivity index (χ4n) is 1.75. The van der Waals surface area contributed by atoms with Crippen molar-refractivity contribution in [3.8, 4) is 0 Å². The van der Waals surface area contributed by atoms with E-state index in [1.807, 2.05) is 20.8 Å². The summed E-state index contributed by atoms with van der Waals surface area (Å²) in [7, 11) is 0. The molecule has 0 aliphatic heterocycles. The zero-order valence-electron chi connectivity index (χ0n) is 11.9. The summed E-state index contributed by atoms with van der Waals surface area (Å²) in [4.78, 5) is 25.7. The van der Waals surface area contributed by atoms with Crippen molar-refractivity contribution < 1.29 is 9.59 Å². The summed E-state index contributed by atoms with van der Waals surface area (Å²) >= 11 is 3.33. The maximum absolute atomic E-state index is 12.4. The molecule has 1 aromatic rings. The van der Waals surface area contributed by atoms with Crippen molar-refractivity contribution in [1.29, 1.82) is 0 Å². The Morgan fingerprint density at radius 2 is 2.05 bits per heavy atom. The van der Waals surface area contributed by atoms with Crippen LogP contribution in [-0.4, -0.2) is 35.8 Å². The largest absolute Gasteiger partial charge is 0.399 e. The Bertz CT molecular complexity index is 503. The first-order valence-corrected chi connectivity index (χ1v) is 7.28. The molecule has 0 aromatic heterocycles. The highest BCUT2D eigenvalue weighted by molar-refractivity contribution is 9.10. The molecule has 0 saturated carbocycles. The smallest absolute Gasteiger partial charge is 0.255 e. The van der Waals surface area contributed by atoms with Gasteiger partial charge in [0.2, 0.25) is 5.91 Å². The van der Waals surface area contributed by atoms with Crippen LogP contribution < -0.4 is 11.1 Å². The van der Waals surface area contributed by atoms with Crippen LogP contribution in [0, 0.1) is 0 Å². The minimum Gasteiger partial charge on any atom is -0.399 e. The van der Waals surface area contributed by atoms with Crippen LogP contribution in [0.2, 0.25) is 0 Å². The summed E-state index contributed by atoms with van der Waals surface area (Å²) < 4.78 is 0.666. The molecule has 0 spiro atoms. The van der Waals surface area contributed by atoms with Crippen LogP contribution in [0.3, 0.4) is 0 Å². The SMILES string of the molecule is CCN(CC(=O)NC(C)C)C(=O)c1cc(N)ccc1Br. The molecule has 0 unspecified atom stereocenters. The third-order valence-corrected chi connectivity index (χ3v) is 3.37. The van der Waals surface area contributed by atoms with E-state index in [1.165, 1.54) is 4.90 Å². The minimum absolute atomic E-state index is 0.0365. The van der Waals surface area contributed by atoms with E-state index in [2.05, 4.69) is 21.2 Å². The van der Waals surface area contributed by atoms with E-state index in [4.69, 9.17) is 5.73 Å². The van der Waals surface area contributed by atoms with Crippen LogP contribution in [0.15, 0.2) is 22.7 Å². The fraction of sp³-hybridized carbons (Fsp3) is 0.429. The van der Waals surface area contributed by atoms with Crippen LogP contribution in [0.25, 0.3) is 0 Å². The number of amides is 2. The second kappa shape index (κ2) is 7.28. The number of benzene rings is 1. The Kier molecular flexibility index (Phi) is 6.01. The Morgan fingerprint density at radius 1 is 1.40 bits per heavy atom. The molecule has 0 radical (unpaired) electrons. The zero-order valence-corrected chi connectivity index (χ0v) is 13.5. The molecule has 0 atom stereocenters. The van der Waals surface area contributed by atoms with E-state index in [9.17, 15) is 9.59 Å². The molecule has 5 nitrogen and oxygen atoms in total. The van der Waals surface area contributed by atoms with Crippen molar-refractivity contribution in [3.05, 3.63) is 28.2 Å². The van der Waals surface area contributed by atoms with Gasteiger partial charge in [0.1, 0.15) is 0 Å². The summed E-state index contributed by atoms with van der Waals surface area (Å²) in [5, 5.41) is 2.77. The average molecular weight is 342 g/mol. The maximum atomic E-state index is 12.4. The third kappa shape index (κ3) is 4.52. The number of likely N-dealkylation sites (N-methyl/N-ethyl adjacent to an activating group) is 1. The highest BCUT2D eigenvalue weighted by atomic mass is 79.9. The van der Waals surface area contributed by atoms with Gasteiger partial charge in [-0.05, 0) is 54.9 Å². The van der Waals surface area contributed by atoms with Crippen LogP contribution in [-0.2, 0) is 4.79 Å². The average Bonchev–Trinajstić information content (AvgIpc) is 2.37. The van der Waals surface area contributed by atoms with Gasteiger partial charge in [-0.25, -0.2) is 0 Å². The van der Waals surface area contributed by atoms with Crippen LogP contribution in [0.4, 0.5) is 5.69 Å². The second-order valence-electron chi connectivity index (χ2n) is 4.78. The lowest BCUT2D eigenvalue weighted by Crippen LogP contribution is -2.42. The van der Waals surface area contributed by atoms with Crippen molar-refractivity contribution in [2.24, 2.45) is 0 Å². The van der Waals surface area contributed by atoms with E-state index >= 15 is 0 Å². The summed E-state index contributed by atoms with van der Waals surface area (Å²) in [5.74, 6) is -0.388. The third-order valence-electron chi connectivity index (χ3n) is 2.67. The summed E-state index contributed by atoms with van der Waals surface area (Å²) in [5.41, 5.74) is 6.68. The molecule has 0 fully saturated rings. The lowest BCUT2D eigenvalue weighted by atomic mass is 10.1. The van der Waals surface area contributed by atoms with E-state index < -0.39 is 0 Å². The van der Waals surface area contributed by atoms with Gasteiger partial charge in [0.05, 0.1) is 12.1 Å². The monoisotopic (exact) mass is 341 g/mol. The molecule has 0 heterocycles. The van der Waals surface area contributed by atoms with Gasteiger partial charge >= 0.3 is 0 Å². The first-order valence-electron chi connectivity index (χ1n) is 6.48. The van der Waals surface area contributed by atoms with Gasteiger partial charge in [-0.15, -0.1) is 0 Å². The van der Waals surface area contributed by atoms with Crippen molar-refractivity contribution in [3.63, 3.8) is 0 Å². The lowest BCUT2D eigenvalue weighted by molar-refractivity contribution is -0.122. The highest BCUT2D eigenvalue weighted by Gasteiger charge is 2.19. The van der Waals surface area contributed by atoms with E-state index in [1.54, 1.807) is 18.2 Å². The Hall–Kier alpha value is -1.56. The van der Waals surface area contributed by atoms with E-state index in [0.29, 0.717) is 22.3 Å². The van der Waals surface area contributed by atoms with Gasteiger partial charge in [0, 0.05) is 22.7 Å². The molecule has 6 heteroatoms. The Morgan fingerprint density at radius 3 is 2.60 bits per heavy atom. The summed E-state index contributed by atoms with van der Waals surface area (Å²) in [6.45, 7) is 6.08. The van der Waals surface area contributed by atoms with E-state index in [0.717, 1.165) is 0 Å². The predicted molar refractivity (Wildman–Crippen MR) is 83.4 cm³/mol. The number of anilines is 1.